The normalized spacial score (nSPS) is 18.0. The monoisotopic (exact) mass is 335 g/mol. The van der Waals surface area contributed by atoms with Crippen molar-refractivity contribution >= 4 is 27.3 Å². The van der Waals surface area contributed by atoms with Crippen LogP contribution < -0.4 is 4.87 Å². The minimum atomic E-state index is -3.65. The number of carbonyl (C=O) groups is 1. The number of rotatable bonds is 5. The Balaban J connectivity index is 2.03. The van der Waals surface area contributed by atoms with Crippen molar-refractivity contribution in [3.63, 3.8) is 0 Å². The third-order valence-electron chi connectivity index (χ3n) is 3.33. The van der Waals surface area contributed by atoms with Crippen LogP contribution in [0.3, 0.4) is 0 Å². The van der Waals surface area contributed by atoms with Gasteiger partial charge in [-0.25, -0.2) is 8.42 Å². The van der Waals surface area contributed by atoms with E-state index in [1.807, 2.05) is 4.90 Å². The minimum absolute atomic E-state index is 0.0469. The van der Waals surface area contributed by atoms with Gasteiger partial charge in [0.05, 0.1) is 6.42 Å². The fourth-order valence-corrected chi connectivity index (χ4v) is 5.06. The molecule has 0 atom stereocenters. The summed E-state index contributed by atoms with van der Waals surface area (Å²) in [5, 5.41) is 8.64. The molecule has 0 amide bonds. The SMILES string of the molecule is Cc1[nH]c(=O)sc1S(=O)(=O)N1CCN(CCC(=O)O)CC1. The van der Waals surface area contributed by atoms with Crippen LogP contribution in [0.2, 0.25) is 0 Å². The Labute approximate surface area is 126 Å². The predicted octanol–water partition coefficient (Wildman–Crippen LogP) is -0.474. The molecule has 10 heteroatoms. The highest BCUT2D eigenvalue weighted by Crippen LogP contribution is 2.22. The van der Waals surface area contributed by atoms with E-state index in [1.54, 1.807) is 6.92 Å². The average Bonchev–Trinajstić information content (AvgIpc) is 2.76. The first-order valence-corrected chi connectivity index (χ1v) is 8.70. The van der Waals surface area contributed by atoms with Gasteiger partial charge in [0.15, 0.2) is 4.21 Å². The fraction of sp³-hybridized carbons (Fsp3) is 0.636. The van der Waals surface area contributed by atoms with E-state index in [9.17, 15) is 18.0 Å². The van der Waals surface area contributed by atoms with Crippen LogP contribution in [0, 0.1) is 6.92 Å². The number of nitrogens with zero attached hydrogens (tertiary/aromatic N) is 2. The van der Waals surface area contributed by atoms with Gasteiger partial charge in [0.1, 0.15) is 0 Å². The van der Waals surface area contributed by atoms with Gasteiger partial charge in [-0.2, -0.15) is 4.31 Å². The van der Waals surface area contributed by atoms with E-state index in [1.165, 1.54) is 4.31 Å². The van der Waals surface area contributed by atoms with Gasteiger partial charge in [-0.3, -0.25) is 9.59 Å². The molecule has 1 saturated heterocycles. The second-order valence-corrected chi connectivity index (χ2v) is 7.93. The number of aliphatic carboxylic acids is 1. The Morgan fingerprint density at radius 3 is 2.43 bits per heavy atom. The van der Waals surface area contributed by atoms with Crippen LogP contribution >= 0.6 is 11.3 Å². The molecule has 2 heterocycles. The lowest BCUT2D eigenvalue weighted by Gasteiger charge is -2.33. The van der Waals surface area contributed by atoms with Crippen LogP contribution in [0.25, 0.3) is 0 Å². The summed E-state index contributed by atoms with van der Waals surface area (Å²) >= 11 is 0.698. The number of carboxylic acid groups (broad SMARTS) is 1. The Bertz CT molecular complexity index is 670. The molecule has 0 aromatic carbocycles. The van der Waals surface area contributed by atoms with Crippen LogP contribution in [0.5, 0.6) is 0 Å². The molecule has 0 aliphatic carbocycles. The van der Waals surface area contributed by atoms with Crippen LogP contribution in [-0.2, 0) is 14.8 Å². The Kier molecular flexibility index (Phi) is 4.81. The van der Waals surface area contributed by atoms with Gasteiger partial charge in [-0.15, -0.1) is 0 Å². The lowest BCUT2D eigenvalue weighted by atomic mass is 10.3. The number of H-pyrrole nitrogens is 1. The highest BCUT2D eigenvalue weighted by Gasteiger charge is 2.31. The van der Waals surface area contributed by atoms with Crippen molar-refractivity contribution in [2.75, 3.05) is 32.7 Å². The average molecular weight is 335 g/mol. The number of carboxylic acids is 1. The van der Waals surface area contributed by atoms with Crippen molar-refractivity contribution in [3.05, 3.63) is 15.4 Å². The Hall–Kier alpha value is -1.23. The maximum absolute atomic E-state index is 12.5. The topological polar surface area (TPSA) is 111 Å². The van der Waals surface area contributed by atoms with Gasteiger partial charge in [-0.05, 0) is 6.92 Å². The second kappa shape index (κ2) is 6.26. The zero-order valence-corrected chi connectivity index (χ0v) is 13.2. The van der Waals surface area contributed by atoms with E-state index < -0.39 is 16.0 Å². The zero-order valence-electron chi connectivity index (χ0n) is 11.5. The number of aromatic amines is 1. The third kappa shape index (κ3) is 3.70. The van der Waals surface area contributed by atoms with Gasteiger partial charge >= 0.3 is 10.8 Å². The summed E-state index contributed by atoms with van der Waals surface area (Å²) in [6.45, 7) is 3.56. The second-order valence-electron chi connectivity index (χ2n) is 4.82. The maximum Gasteiger partial charge on any atom is 0.305 e. The maximum atomic E-state index is 12.5. The molecular formula is C11H17N3O5S2. The quantitative estimate of drug-likeness (QED) is 0.752. The standard InChI is InChI=1S/C11H17N3O5S2/c1-8-10(20-11(17)12-8)21(18,19)14-6-4-13(5-7-14)3-2-9(15)16/h2-7H2,1H3,(H,12,17)(H,15,16). The summed E-state index contributed by atoms with van der Waals surface area (Å²) < 4.78 is 26.3. The van der Waals surface area contributed by atoms with Gasteiger partial charge in [-0.1, -0.05) is 11.3 Å². The van der Waals surface area contributed by atoms with Gasteiger partial charge < -0.3 is 15.0 Å². The number of piperazine rings is 1. The lowest BCUT2D eigenvalue weighted by Crippen LogP contribution is -2.48. The molecule has 1 aliphatic heterocycles. The van der Waals surface area contributed by atoms with Crippen LogP contribution in [0.15, 0.2) is 9.00 Å². The Morgan fingerprint density at radius 1 is 1.33 bits per heavy atom. The van der Waals surface area contributed by atoms with E-state index in [0.717, 1.165) is 0 Å². The molecule has 0 unspecified atom stereocenters. The largest absolute Gasteiger partial charge is 0.481 e. The first-order valence-electron chi connectivity index (χ1n) is 6.44. The molecule has 1 aromatic rings. The molecule has 0 bridgehead atoms. The summed E-state index contributed by atoms with van der Waals surface area (Å²) in [7, 11) is -3.65. The highest BCUT2D eigenvalue weighted by molar-refractivity contribution is 7.91. The minimum Gasteiger partial charge on any atom is -0.481 e. The molecule has 0 radical (unpaired) electrons. The van der Waals surface area contributed by atoms with Crippen molar-refractivity contribution in [1.29, 1.82) is 0 Å². The fourth-order valence-electron chi connectivity index (χ4n) is 2.20. The molecule has 21 heavy (non-hydrogen) atoms. The van der Waals surface area contributed by atoms with Crippen LogP contribution in [-0.4, -0.2) is 66.4 Å². The van der Waals surface area contributed by atoms with Crippen LogP contribution in [0.4, 0.5) is 0 Å². The number of hydrogen-bond donors (Lipinski definition) is 2. The number of aromatic nitrogens is 1. The van der Waals surface area contributed by atoms with E-state index in [4.69, 9.17) is 5.11 Å². The molecule has 1 fully saturated rings. The van der Waals surface area contributed by atoms with Crippen molar-refractivity contribution < 1.29 is 18.3 Å². The molecule has 118 valence electrons. The molecule has 0 spiro atoms. The number of sulfonamides is 1. The smallest absolute Gasteiger partial charge is 0.305 e. The van der Waals surface area contributed by atoms with Crippen LogP contribution in [0.1, 0.15) is 12.1 Å². The number of hydrogen-bond acceptors (Lipinski definition) is 6. The highest BCUT2D eigenvalue weighted by atomic mass is 32.2. The van der Waals surface area contributed by atoms with Crippen molar-refractivity contribution in [3.8, 4) is 0 Å². The summed E-state index contributed by atoms with van der Waals surface area (Å²) in [4.78, 5) is 25.8. The lowest BCUT2D eigenvalue weighted by molar-refractivity contribution is -0.137. The van der Waals surface area contributed by atoms with Crippen molar-refractivity contribution in [2.24, 2.45) is 0 Å². The molecule has 8 nitrogen and oxygen atoms in total. The summed E-state index contributed by atoms with van der Waals surface area (Å²) in [5.41, 5.74) is 0.360. The van der Waals surface area contributed by atoms with E-state index in [2.05, 4.69) is 4.98 Å². The van der Waals surface area contributed by atoms with E-state index in [0.29, 0.717) is 49.8 Å². The first kappa shape index (κ1) is 16.1. The van der Waals surface area contributed by atoms with E-state index >= 15 is 0 Å². The van der Waals surface area contributed by atoms with Gasteiger partial charge in [0, 0.05) is 38.4 Å². The van der Waals surface area contributed by atoms with Crippen molar-refractivity contribution in [1.82, 2.24) is 14.2 Å². The number of aryl methyl sites for hydroxylation is 1. The van der Waals surface area contributed by atoms with Gasteiger partial charge in [0.25, 0.3) is 10.0 Å². The van der Waals surface area contributed by atoms with Gasteiger partial charge in [0.2, 0.25) is 0 Å². The molecule has 0 saturated carbocycles. The third-order valence-corrected chi connectivity index (χ3v) is 6.81. The van der Waals surface area contributed by atoms with E-state index in [-0.39, 0.29) is 15.5 Å². The zero-order chi connectivity index (χ0) is 15.6. The summed E-state index contributed by atoms with van der Waals surface area (Å²) in [6.07, 6.45) is 0.0469. The number of thiazole rings is 1. The number of nitrogens with one attached hydrogen (secondary N) is 1. The molecule has 2 rings (SSSR count). The predicted molar refractivity (Wildman–Crippen MR) is 77.1 cm³/mol. The molecular weight excluding hydrogens is 318 g/mol. The Morgan fingerprint density at radius 2 is 1.95 bits per heavy atom. The first-order chi connectivity index (χ1) is 9.80. The van der Waals surface area contributed by atoms with Crippen molar-refractivity contribution in [2.45, 2.75) is 17.6 Å². The molecule has 2 N–H and O–H groups in total. The summed E-state index contributed by atoms with van der Waals surface area (Å²) in [5.74, 6) is -0.863. The molecule has 1 aromatic heterocycles. The summed E-state index contributed by atoms with van der Waals surface area (Å²) in [6, 6.07) is 0. The molecule has 1 aliphatic rings.